The Balaban J connectivity index is 2.23. The summed E-state index contributed by atoms with van der Waals surface area (Å²) in [5, 5.41) is 12.0. The van der Waals surface area contributed by atoms with E-state index in [1.165, 1.54) is 0 Å². The highest BCUT2D eigenvalue weighted by atomic mass is 19.4. The molecule has 1 aromatic rings. The van der Waals surface area contributed by atoms with Gasteiger partial charge in [0, 0.05) is 6.54 Å². The second kappa shape index (κ2) is 5.45. The molecule has 0 aliphatic carbocycles. The van der Waals surface area contributed by atoms with Crippen LogP contribution >= 0.6 is 0 Å². The quantitative estimate of drug-likeness (QED) is 0.895. The van der Waals surface area contributed by atoms with Gasteiger partial charge in [0.2, 0.25) is 5.88 Å². The molecule has 19 heavy (non-hydrogen) atoms. The van der Waals surface area contributed by atoms with Gasteiger partial charge >= 0.3 is 6.18 Å². The van der Waals surface area contributed by atoms with E-state index in [2.05, 4.69) is 10.3 Å². The van der Waals surface area contributed by atoms with E-state index < -0.39 is 11.9 Å². The summed E-state index contributed by atoms with van der Waals surface area (Å²) in [5.41, 5.74) is -1.04. The first-order chi connectivity index (χ1) is 9.00. The number of alkyl halides is 3. The molecule has 1 saturated heterocycles. The van der Waals surface area contributed by atoms with Gasteiger partial charge in [-0.25, -0.2) is 4.98 Å². The fraction of sp³-hybridized carbons (Fsp3) is 0.500. The first-order valence-electron chi connectivity index (χ1n) is 5.86. The molecule has 0 radical (unpaired) electrons. The normalized spacial score (nSPS) is 19.8. The van der Waals surface area contributed by atoms with Crippen molar-refractivity contribution >= 4 is 0 Å². The largest absolute Gasteiger partial charge is 0.472 e. The number of aromatic nitrogens is 1. The first-order valence-corrected chi connectivity index (χ1v) is 5.86. The van der Waals surface area contributed by atoms with Crippen LogP contribution in [0, 0.1) is 11.3 Å². The van der Waals surface area contributed by atoms with E-state index in [0.29, 0.717) is 6.54 Å². The third kappa shape index (κ3) is 3.35. The molecular formula is C12H12F3N3O. The molecule has 1 unspecified atom stereocenters. The highest BCUT2D eigenvalue weighted by molar-refractivity contribution is 5.39. The van der Waals surface area contributed by atoms with Gasteiger partial charge in [-0.15, -0.1) is 0 Å². The van der Waals surface area contributed by atoms with Gasteiger partial charge in [0.25, 0.3) is 0 Å². The van der Waals surface area contributed by atoms with Gasteiger partial charge in [-0.3, -0.25) is 0 Å². The van der Waals surface area contributed by atoms with E-state index in [1.807, 2.05) is 0 Å². The highest BCUT2D eigenvalue weighted by Crippen LogP contribution is 2.30. The van der Waals surface area contributed by atoms with Gasteiger partial charge in [0.1, 0.15) is 23.4 Å². The van der Waals surface area contributed by atoms with Gasteiger partial charge in [-0.2, -0.15) is 18.4 Å². The summed E-state index contributed by atoms with van der Waals surface area (Å²) < 4.78 is 43.1. The van der Waals surface area contributed by atoms with Crippen LogP contribution in [0.5, 0.6) is 5.88 Å². The van der Waals surface area contributed by atoms with E-state index in [9.17, 15) is 13.2 Å². The summed E-state index contributed by atoms with van der Waals surface area (Å²) in [6.07, 6.45) is -3.19. The Kier molecular flexibility index (Phi) is 3.90. The van der Waals surface area contributed by atoms with Crippen molar-refractivity contribution in [2.45, 2.75) is 25.1 Å². The molecule has 2 rings (SSSR count). The Bertz CT molecular complexity index is 490. The van der Waals surface area contributed by atoms with Crippen molar-refractivity contribution in [3.8, 4) is 11.9 Å². The Labute approximate surface area is 108 Å². The molecule has 102 valence electrons. The number of hydrogen-bond acceptors (Lipinski definition) is 4. The molecule has 1 N–H and O–H groups in total. The molecule has 4 nitrogen and oxygen atoms in total. The minimum atomic E-state index is -4.54. The number of nitriles is 1. The topological polar surface area (TPSA) is 57.9 Å². The first kappa shape index (κ1) is 13.6. The van der Waals surface area contributed by atoms with Crippen LogP contribution in [0.25, 0.3) is 0 Å². The Morgan fingerprint density at radius 2 is 2.21 bits per heavy atom. The number of hydrogen-bond donors (Lipinski definition) is 1. The van der Waals surface area contributed by atoms with Crippen LogP contribution in [0.1, 0.15) is 24.1 Å². The van der Waals surface area contributed by atoms with Crippen molar-refractivity contribution < 1.29 is 17.9 Å². The molecule has 1 aliphatic heterocycles. The Morgan fingerprint density at radius 1 is 1.42 bits per heavy atom. The average Bonchev–Trinajstić information content (AvgIpc) is 2.39. The van der Waals surface area contributed by atoms with E-state index in [1.54, 1.807) is 6.07 Å². The summed E-state index contributed by atoms with van der Waals surface area (Å²) in [7, 11) is 0. The lowest BCUT2D eigenvalue weighted by Gasteiger charge is -2.24. The molecule has 0 spiro atoms. The molecule has 0 aromatic carbocycles. The number of halogens is 3. The summed E-state index contributed by atoms with van der Waals surface area (Å²) in [6, 6.07) is 3.66. The van der Waals surface area contributed by atoms with Gasteiger partial charge in [0.05, 0.1) is 0 Å². The van der Waals surface area contributed by atoms with Crippen molar-refractivity contribution in [1.82, 2.24) is 10.3 Å². The summed E-state index contributed by atoms with van der Waals surface area (Å²) in [5.74, 6) is -0.244. The molecule has 1 fully saturated rings. The zero-order chi connectivity index (χ0) is 13.9. The van der Waals surface area contributed by atoms with Crippen LogP contribution in [0.4, 0.5) is 13.2 Å². The fourth-order valence-corrected chi connectivity index (χ4v) is 1.85. The lowest BCUT2D eigenvalue weighted by molar-refractivity contribution is -0.141. The van der Waals surface area contributed by atoms with Gasteiger partial charge < -0.3 is 10.1 Å². The maximum absolute atomic E-state index is 12.6. The molecule has 0 bridgehead atoms. The lowest BCUT2D eigenvalue weighted by Crippen LogP contribution is -2.37. The highest BCUT2D eigenvalue weighted by Gasteiger charge is 2.33. The molecular weight excluding hydrogens is 259 g/mol. The number of pyridine rings is 1. The molecule has 7 heteroatoms. The molecule has 1 atom stereocenters. The zero-order valence-electron chi connectivity index (χ0n) is 10.00. The van der Waals surface area contributed by atoms with Crippen molar-refractivity contribution in [1.29, 1.82) is 5.26 Å². The van der Waals surface area contributed by atoms with Crippen molar-refractivity contribution in [2.24, 2.45) is 0 Å². The smallest absolute Gasteiger partial charge is 0.433 e. The summed E-state index contributed by atoms with van der Waals surface area (Å²) in [4.78, 5) is 3.41. The van der Waals surface area contributed by atoms with Gasteiger partial charge in [0.15, 0.2) is 0 Å². The summed E-state index contributed by atoms with van der Waals surface area (Å²) in [6.45, 7) is 1.41. The van der Waals surface area contributed by atoms with Crippen LogP contribution in [-0.2, 0) is 6.18 Å². The monoisotopic (exact) mass is 271 g/mol. The van der Waals surface area contributed by atoms with Crippen LogP contribution in [0.15, 0.2) is 12.1 Å². The number of ether oxygens (including phenoxy) is 1. The second-order valence-corrected chi connectivity index (χ2v) is 4.24. The van der Waals surface area contributed by atoms with E-state index in [0.717, 1.165) is 31.5 Å². The standard InChI is InChI=1S/C12H12F3N3O/c13-12(14,15)10-4-3-8(6-16)11(18-10)19-9-2-1-5-17-7-9/h3-4,9,17H,1-2,5,7H2. The van der Waals surface area contributed by atoms with Crippen LogP contribution < -0.4 is 10.1 Å². The predicted octanol–water partition coefficient (Wildman–Crippen LogP) is 2.10. The average molecular weight is 271 g/mol. The van der Waals surface area contributed by atoms with Gasteiger partial charge in [-0.1, -0.05) is 0 Å². The van der Waals surface area contributed by atoms with Crippen molar-refractivity contribution in [2.75, 3.05) is 13.1 Å². The minimum Gasteiger partial charge on any atom is -0.472 e. The molecule has 2 heterocycles. The maximum atomic E-state index is 12.6. The molecule has 0 amide bonds. The van der Waals surface area contributed by atoms with Crippen LogP contribution in [0.3, 0.4) is 0 Å². The van der Waals surface area contributed by atoms with Crippen molar-refractivity contribution in [3.05, 3.63) is 23.4 Å². The summed E-state index contributed by atoms with van der Waals surface area (Å²) >= 11 is 0. The molecule has 0 saturated carbocycles. The zero-order valence-corrected chi connectivity index (χ0v) is 10.00. The van der Waals surface area contributed by atoms with E-state index in [4.69, 9.17) is 10.00 Å². The molecule has 1 aromatic heterocycles. The van der Waals surface area contributed by atoms with E-state index >= 15 is 0 Å². The fourth-order valence-electron chi connectivity index (χ4n) is 1.85. The number of nitrogens with one attached hydrogen (secondary N) is 1. The van der Waals surface area contributed by atoms with Crippen LogP contribution in [0.2, 0.25) is 0 Å². The third-order valence-electron chi connectivity index (χ3n) is 2.80. The number of nitrogens with zero attached hydrogens (tertiary/aromatic N) is 2. The number of rotatable bonds is 2. The lowest BCUT2D eigenvalue weighted by atomic mass is 10.1. The Hall–Kier alpha value is -1.81. The van der Waals surface area contributed by atoms with Crippen LogP contribution in [-0.4, -0.2) is 24.2 Å². The number of piperidine rings is 1. The third-order valence-corrected chi connectivity index (χ3v) is 2.80. The van der Waals surface area contributed by atoms with Crippen molar-refractivity contribution in [3.63, 3.8) is 0 Å². The molecule has 1 aliphatic rings. The SMILES string of the molecule is N#Cc1ccc(C(F)(F)F)nc1OC1CCCNC1. The minimum absolute atomic E-state index is 0.0126. The van der Waals surface area contributed by atoms with E-state index in [-0.39, 0.29) is 17.5 Å². The maximum Gasteiger partial charge on any atom is 0.433 e. The second-order valence-electron chi connectivity index (χ2n) is 4.24. The predicted molar refractivity (Wildman–Crippen MR) is 60.5 cm³/mol. The Morgan fingerprint density at radius 3 is 2.79 bits per heavy atom. The van der Waals surface area contributed by atoms with Gasteiger partial charge in [-0.05, 0) is 31.5 Å².